The van der Waals surface area contributed by atoms with E-state index in [0.717, 1.165) is 32.4 Å². The van der Waals surface area contributed by atoms with Crippen molar-refractivity contribution >= 4 is 29.2 Å². The van der Waals surface area contributed by atoms with Crippen LogP contribution in [0, 0.1) is 31.6 Å². The summed E-state index contributed by atoms with van der Waals surface area (Å²) in [6, 6.07) is 0. The quantitative estimate of drug-likeness (QED) is 0.234. The third-order valence-corrected chi connectivity index (χ3v) is 7.92. The number of amides is 1. The van der Waals surface area contributed by atoms with Gasteiger partial charge in [0.1, 0.15) is 17.6 Å². The normalized spacial score (nSPS) is 24.6. The molecule has 1 aliphatic carbocycles. The first-order chi connectivity index (χ1) is 23.4. The molecule has 0 saturated heterocycles. The van der Waals surface area contributed by atoms with E-state index in [9.17, 15) is 29.1 Å². The standard InChI is InChI=1S/C33H37NO9.C2H6.C2H2.CH4O/c1-17-10-8-12-18(2)24(42-21(5)35)14-6-7-15-41-33-30(39)27-25-23(36)16-22(34-32(40)19(3)13-9-11-17)29(38)26(25)28(37)20(4)31(27)43-33;3*1-2/h7,9,11,13,15-18,24,33,37H,6,8,10,12,14H2,1-5H3,(H,34,40);1-2H3;1-2H;2H,1H3/b11-9+,15-7+,19-13-;;;/t17-,18-,24-,33+;;;/m1.../s1. The van der Waals surface area contributed by atoms with E-state index in [-0.39, 0.29) is 57.6 Å². The second-order valence-corrected chi connectivity index (χ2v) is 11.3. The lowest BCUT2D eigenvalue weighted by Gasteiger charge is -2.23. The second kappa shape index (κ2) is 20.4. The van der Waals surface area contributed by atoms with E-state index in [1.165, 1.54) is 20.1 Å². The highest BCUT2D eigenvalue weighted by Crippen LogP contribution is 2.45. The first-order valence-corrected chi connectivity index (χ1v) is 16.2. The van der Waals surface area contributed by atoms with Crippen LogP contribution in [-0.2, 0) is 19.1 Å². The number of phenols is 1. The Balaban J connectivity index is 0.00000189. The first-order valence-electron chi connectivity index (χ1n) is 16.2. The molecule has 4 aliphatic rings. The Bertz CT molecular complexity index is 1530. The molecule has 3 heterocycles. The summed E-state index contributed by atoms with van der Waals surface area (Å²) in [5.41, 5.74) is -0.739. The number of aliphatic hydroxyl groups excluding tert-OH is 1. The number of ether oxygens (including phenoxy) is 3. The largest absolute Gasteiger partial charge is 0.507 e. The maximum atomic E-state index is 13.4. The molecule has 49 heavy (non-hydrogen) atoms. The van der Waals surface area contributed by atoms with E-state index in [2.05, 4.69) is 25.1 Å². The molecule has 3 N–H and O–H groups in total. The maximum Gasteiger partial charge on any atom is 0.304 e. The van der Waals surface area contributed by atoms with Gasteiger partial charge in [-0.2, -0.15) is 0 Å². The topological polar surface area (TPSA) is 166 Å². The summed E-state index contributed by atoms with van der Waals surface area (Å²) in [7, 11) is 1.00. The van der Waals surface area contributed by atoms with E-state index in [0.29, 0.717) is 18.4 Å². The molecule has 3 aliphatic heterocycles. The monoisotopic (exact) mass is 679 g/mol. The summed E-state index contributed by atoms with van der Waals surface area (Å²) in [5, 5.41) is 20.4. The van der Waals surface area contributed by atoms with Gasteiger partial charge in [0.05, 0.1) is 28.6 Å². The molecule has 11 heteroatoms. The fraction of sp³-hybridized carbons (Fsp3) is 0.447. The van der Waals surface area contributed by atoms with Crippen molar-refractivity contribution in [2.45, 2.75) is 93.0 Å². The predicted molar refractivity (Wildman–Crippen MR) is 186 cm³/mol. The van der Waals surface area contributed by atoms with E-state index in [1.807, 2.05) is 26.8 Å². The van der Waals surface area contributed by atoms with Crippen LogP contribution in [0.25, 0.3) is 0 Å². The highest BCUT2D eigenvalue weighted by atomic mass is 16.7. The van der Waals surface area contributed by atoms with Crippen molar-refractivity contribution in [1.29, 1.82) is 0 Å². The zero-order valence-electron chi connectivity index (χ0n) is 29.6. The molecule has 11 nitrogen and oxygen atoms in total. The molecular weight excluding hydrogens is 630 g/mol. The summed E-state index contributed by atoms with van der Waals surface area (Å²) < 4.78 is 16.8. The molecule has 0 radical (unpaired) electrons. The van der Waals surface area contributed by atoms with E-state index >= 15 is 0 Å². The Morgan fingerprint density at radius 1 is 1.00 bits per heavy atom. The van der Waals surface area contributed by atoms with Crippen LogP contribution >= 0.6 is 0 Å². The van der Waals surface area contributed by atoms with Crippen molar-refractivity contribution < 1.29 is 48.4 Å². The lowest BCUT2D eigenvalue weighted by Crippen LogP contribution is -2.32. The van der Waals surface area contributed by atoms with Gasteiger partial charge in [-0.05, 0) is 57.4 Å². The lowest BCUT2D eigenvalue weighted by molar-refractivity contribution is -0.149. The molecule has 1 aromatic carbocycles. The third kappa shape index (κ3) is 10.5. The van der Waals surface area contributed by atoms with E-state index < -0.39 is 35.3 Å². The van der Waals surface area contributed by atoms with Gasteiger partial charge in [0.25, 0.3) is 5.91 Å². The van der Waals surface area contributed by atoms with Gasteiger partial charge >= 0.3 is 12.3 Å². The number of terminal acetylenes is 1. The van der Waals surface area contributed by atoms with Crippen LogP contribution in [0.4, 0.5) is 0 Å². The molecule has 0 spiro atoms. The first kappa shape index (κ1) is 42.1. The number of carbonyl (C=O) groups is 5. The maximum absolute atomic E-state index is 13.4. The number of esters is 1. The number of phenolic OH excluding ortho intramolecular Hbond substituents is 1. The van der Waals surface area contributed by atoms with Crippen LogP contribution in [0.15, 0.2) is 47.9 Å². The van der Waals surface area contributed by atoms with Gasteiger partial charge < -0.3 is 29.7 Å². The van der Waals surface area contributed by atoms with Gasteiger partial charge in [-0.25, -0.2) is 0 Å². The highest BCUT2D eigenvalue weighted by molar-refractivity contribution is 6.30. The van der Waals surface area contributed by atoms with Crippen molar-refractivity contribution in [3.63, 3.8) is 0 Å². The van der Waals surface area contributed by atoms with Crippen molar-refractivity contribution in [3.05, 3.63) is 70.2 Å². The number of nitrogens with one attached hydrogen (secondary N) is 1. The molecule has 5 bridgehead atoms. The zero-order chi connectivity index (χ0) is 37.4. The van der Waals surface area contributed by atoms with E-state index in [4.69, 9.17) is 19.3 Å². The molecule has 0 saturated carbocycles. The molecule has 5 rings (SSSR count). The van der Waals surface area contributed by atoms with Crippen molar-refractivity contribution in [2.75, 3.05) is 7.11 Å². The molecule has 1 aromatic rings. The number of aliphatic hydroxyl groups is 1. The molecule has 0 fully saturated rings. The minimum absolute atomic E-state index is 0.0456. The van der Waals surface area contributed by atoms with Gasteiger partial charge in [0.15, 0.2) is 5.78 Å². The van der Waals surface area contributed by atoms with Gasteiger partial charge in [0.2, 0.25) is 11.6 Å². The number of benzene rings is 1. The number of fused-ring (bicyclic) bond motifs is 14. The summed E-state index contributed by atoms with van der Waals surface area (Å²) in [5.74, 6) is -3.37. The van der Waals surface area contributed by atoms with Crippen LogP contribution in [-0.4, -0.2) is 58.9 Å². The van der Waals surface area contributed by atoms with Gasteiger partial charge in [-0.15, -0.1) is 12.8 Å². The van der Waals surface area contributed by atoms with Crippen LogP contribution in [0.3, 0.4) is 0 Å². The average molecular weight is 680 g/mol. The highest BCUT2D eigenvalue weighted by Gasteiger charge is 2.44. The summed E-state index contributed by atoms with van der Waals surface area (Å²) >= 11 is 0. The predicted octanol–water partition coefficient (Wildman–Crippen LogP) is 6.07. The van der Waals surface area contributed by atoms with E-state index in [1.54, 1.807) is 25.2 Å². The van der Waals surface area contributed by atoms with Crippen molar-refractivity contribution in [2.24, 2.45) is 11.8 Å². The lowest BCUT2D eigenvalue weighted by atomic mass is 9.85. The van der Waals surface area contributed by atoms with Crippen LogP contribution < -0.4 is 10.1 Å². The summed E-state index contributed by atoms with van der Waals surface area (Å²) in [6.45, 7) is 12.5. The Hall–Kier alpha value is -4.95. The fourth-order valence-corrected chi connectivity index (χ4v) is 5.41. The molecule has 4 atom stereocenters. The molecule has 0 unspecified atom stereocenters. The zero-order valence-corrected chi connectivity index (χ0v) is 29.6. The fourth-order valence-electron chi connectivity index (χ4n) is 5.41. The Morgan fingerprint density at radius 2 is 1.65 bits per heavy atom. The van der Waals surface area contributed by atoms with Gasteiger partial charge in [-0.3, -0.25) is 24.0 Å². The number of carbonyl (C=O) groups excluding carboxylic acids is 5. The van der Waals surface area contributed by atoms with Crippen LogP contribution in [0.5, 0.6) is 11.5 Å². The Morgan fingerprint density at radius 3 is 2.29 bits per heavy atom. The smallest absolute Gasteiger partial charge is 0.304 e. The Labute approximate surface area is 289 Å². The number of rotatable bonds is 1. The van der Waals surface area contributed by atoms with Gasteiger partial charge in [-0.1, -0.05) is 52.3 Å². The number of aromatic hydroxyl groups is 1. The van der Waals surface area contributed by atoms with Crippen molar-refractivity contribution in [1.82, 2.24) is 5.32 Å². The number of ketones is 3. The Kier molecular flexibility index (Phi) is 17.5. The molecular formula is C38H49NO10. The minimum Gasteiger partial charge on any atom is -0.507 e. The number of Topliss-reactive ketones (excluding diaryl/α,β-unsaturated/α-hetero) is 2. The third-order valence-electron chi connectivity index (χ3n) is 7.92. The van der Waals surface area contributed by atoms with Crippen LogP contribution in [0.1, 0.15) is 110 Å². The number of allylic oxidation sites excluding steroid dienone is 6. The number of hydrogen-bond donors (Lipinski definition) is 3. The summed E-state index contributed by atoms with van der Waals surface area (Å²) in [4.78, 5) is 64.6. The van der Waals surface area contributed by atoms with Crippen LogP contribution in [0.2, 0.25) is 0 Å². The minimum atomic E-state index is -1.43. The average Bonchev–Trinajstić information content (AvgIpc) is 3.41. The molecule has 1 amide bonds. The van der Waals surface area contributed by atoms with Crippen molar-refractivity contribution in [3.8, 4) is 24.3 Å². The SMILES string of the molecule is C#C.CC.CC(=O)O[C@@H]1CC/C=C/O[C@H]2Oc3c(C)c(O)c4c(c3C2=O)C(=O)C=C(NC(=O)/C(C)=C\C=C\[C@H](C)CCC[C@H]1C)C4=O.CO. The summed E-state index contributed by atoms with van der Waals surface area (Å²) in [6.07, 6.45) is 19.3. The molecule has 266 valence electrons. The van der Waals surface area contributed by atoms with Gasteiger partial charge in [0, 0.05) is 31.2 Å². The number of hydrogen-bond acceptors (Lipinski definition) is 10. The second-order valence-electron chi connectivity index (χ2n) is 11.3. The molecule has 0 aromatic heterocycles.